The van der Waals surface area contributed by atoms with Crippen molar-refractivity contribution in [3.63, 3.8) is 0 Å². The highest BCUT2D eigenvalue weighted by atomic mass is 16.4. The van der Waals surface area contributed by atoms with Crippen molar-refractivity contribution in [1.82, 2.24) is 10.6 Å². The molecule has 5 nitrogen and oxygen atoms in total. The molecule has 0 aromatic heterocycles. The second-order valence-corrected chi connectivity index (χ2v) is 3.56. The Morgan fingerprint density at radius 3 is 2.36 bits per heavy atom. The lowest BCUT2D eigenvalue weighted by atomic mass is 10.1. The van der Waals surface area contributed by atoms with E-state index in [2.05, 4.69) is 10.6 Å². The van der Waals surface area contributed by atoms with Crippen LogP contribution < -0.4 is 10.6 Å². The molecule has 0 heterocycles. The van der Waals surface area contributed by atoms with Crippen molar-refractivity contribution in [3.05, 3.63) is 0 Å². The maximum absolute atomic E-state index is 11.0. The van der Waals surface area contributed by atoms with Crippen molar-refractivity contribution in [2.45, 2.75) is 32.7 Å². The first-order chi connectivity index (χ1) is 6.40. The van der Waals surface area contributed by atoms with Gasteiger partial charge in [0.15, 0.2) is 0 Å². The van der Waals surface area contributed by atoms with Gasteiger partial charge >= 0.3 is 5.97 Å². The summed E-state index contributed by atoms with van der Waals surface area (Å²) < 4.78 is 0. The fraction of sp³-hybridized carbons (Fsp3) is 0.778. The summed E-state index contributed by atoms with van der Waals surface area (Å²) in [7, 11) is 0. The maximum atomic E-state index is 11.0. The minimum Gasteiger partial charge on any atom is -0.480 e. The number of carbonyl (C=O) groups excluding carboxylic acids is 1. The molecule has 0 aliphatic heterocycles. The summed E-state index contributed by atoms with van der Waals surface area (Å²) in [6.07, 6.45) is 0.296. The van der Waals surface area contributed by atoms with Crippen LogP contribution in [0.2, 0.25) is 0 Å². The molecule has 0 aliphatic carbocycles. The van der Waals surface area contributed by atoms with Crippen molar-refractivity contribution in [3.8, 4) is 0 Å². The van der Waals surface area contributed by atoms with Gasteiger partial charge in [-0.15, -0.1) is 0 Å². The zero-order valence-electron chi connectivity index (χ0n) is 8.89. The van der Waals surface area contributed by atoms with Gasteiger partial charge in [-0.1, -0.05) is 0 Å². The number of carboxylic acid groups (broad SMARTS) is 1. The van der Waals surface area contributed by atoms with Crippen molar-refractivity contribution < 1.29 is 14.7 Å². The Morgan fingerprint density at radius 2 is 1.93 bits per heavy atom. The van der Waals surface area contributed by atoms with Gasteiger partial charge in [0, 0.05) is 19.5 Å². The van der Waals surface area contributed by atoms with Gasteiger partial charge in [0.05, 0.1) is 0 Å². The minimum atomic E-state index is -0.980. The van der Waals surface area contributed by atoms with Gasteiger partial charge in [-0.2, -0.15) is 0 Å². The summed E-state index contributed by atoms with van der Waals surface area (Å²) in [5, 5.41) is 14.2. The van der Waals surface area contributed by atoms with Crippen molar-refractivity contribution in [1.29, 1.82) is 0 Å². The van der Waals surface area contributed by atoms with E-state index in [9.17, 15) is 9.59 Å². The molecule has 0 rings (SSSR count). The van der Waals surface area contributed by atoms with E-state index in [1.165, 1.54) is 0 Å². The van der Waals surface area contributed by atoms with E-state index < -0.39 is 11.5 Å². The molecule has 5 heteroatoms. The molecule has 3 N–H and O–H groups in total. The van der Waals surface area contributed by atoms with Crippen LogP contribution in [-0.2, 0) is 9.59 Å². The number of carboxylic acids is 1. The number of amides is 1. The van der Waals surface area contributed by atoms with Gasteiger partial charge < -0.3 is 15.7 Å². The van der Waals surface area contributed by atoms with Crippen LogP contribution in [0.25, 0.3) is 0 Å². The molecule has 82 valence electrons. The van der Waals surface area contributed by atoms with E-state index in [1.54, 1.807) is 13.8 Å². The SMILES string of the molecule is CCNC(=O)CCNC(C)(C)C(=O)O. The van der Waals surface area contributed by atoms with E-state index in [0.29, 0.717) is 19.5 Å². The van der Waals surface area contributed by atoms with Crippen LogP contribution in [0.4, 0.5) is 0 Å². The molecule has 0 spiro atoms. The maximum Gasteiger partial charge on any atom is 0.323 e. The van der Waals surface area contributed by atoms with Gasteiger partial charge in [0.1, 0.15) is 5.54 Å². The molecular formula is C9H18N2O3. The zero-order valence-corrected chi connectivity index (χ0v) is 8.89. The van der Waals surface area contributed by atoms with E-state index in [4.69, 9.17) is 5.11 Å². The number of hydrogen-bond donors (Lipinski definition) is 3. The standard InChI is InChI=1S/C9H18N2O3/c1-4-10-7(12)5-6-11-9(2,3)8(13)14/h11H,4-6H2,1-3H3,(H,10,12)(H,13,14). The summed E-state index contributed by atoms with van der Waals surface area (Å²) in [4.78, 5) is 21.7. The highest BCUT2D eigenvalue weighted by Crippen LogP contribution is 2.00. The Bertz CT molecular complexity index is 214. The Balaban J connectivity index is 3.74. The highest BCUT2D eigenvalue weighted by Gasteiger charge is 2.25. The summed E-state index contributed by atoms with van der Waals surface area (Å²) in [5.41, 5.74) is -0.980. The molecule has 0 aromatic rings. The predicted molar refractivity (Wildman–Crippen MR) is 53.0 cm³/mol. The lowest BCUT2D eigenvalue weighted by Gasteiger charge is -2.20. The third-order valence-electron chi connectivity index (χ3n) is 1.83. The molecule has 0 radical (unpaired) electrons. The van der Waals surface area contributed by atoms with Gasteiger partial charge in [0.2, 0.25) is 5.91 Å². The summed E-state index contributed by atoms with van der Waals surface area (Å²) in [5.74, 6) is -0.991. The first-order valence-electron chi connectivity index (χ1n) is 4.65. The second-order valence-electron chi connectivity index (χ2n) is 3.56. The molecule has 0 fully saturated rings. The first-order valence-corrected chi connectivity index (χ1v) is 4.65. The second kappa shape index (κ2) is 5.59. The summed E-state index contributed by atoms with van der Waals surface area (Å²) >= 11 is 0. The molecule has 0 saturated heterocycles. The predicted octanol–water partition coefficient (Wildman–Crippen LogP) is -0.0346. The van der Waals surface area contributed by atoms with Crippen molar-refractivity contribution in [2.24, 2.45) is 0 Å². The third kappa shape index (κ3) is 4.81. The van der Waals surface area contributed by atoms with Gasteiger partial charge in [-0.3, -0.25) is 9.59 Å². The van der Waals surface area contributed by atoms with Gasteiger partial charge in [-0.25, -0.2) is 0 Å². The van der Waals surface area contributed by atoms with Crippen LogP contribution in [0.1, 0.15) is 27.2 Å². The fourth-order valence-electron chi connectivity index (χ4n) is 0.850. The van der Waals surface area contributed by atoms with Gasteiger partial charge in [0.25, 0.3) is 0 Å². The number of nitrogens with one attached hydrogen (secondary N) is 2. The highest BCUT2D eigenvalue weighted by molar-refractivity contribution is 5.78. The Morgan fingerprint density at radius 1 is 1.36 bits per heavy atom. The molecule has 0 aliphatic rings. The smallest absolute Gasteiger partial charge is 0.323 e. The quantitative estimate of drug-likeness (QED) is 0.565. The summed E-state index contributed by atoms with van der Waals surface area (Å²) in [6, 6.07) is 0. The molecule has 0 aromatic carbocycles. The summed E-state index contributed by atoms with van der Waals surface area (Å²) in [6.45, 7) is 5.93. The Hall–Kier alpha value is -1.10. The van der Waals surface area contributed by atoms with E-state index >= 15 is 0 Å². The molecule has 14 heavy (non-hydrogen) atoms. The van der Waals surface area contributed by atoms with E-state index in [0.717, 1.165) is 0 Å². The molecule has 1 amide bonds. The van der Waals surface area contributed by atoms with Crippen LogP contribution in [0, 0.1) is 0 Å². The normalized spacial score (nSPS) is 11.1. The van der Waals surface area contributed by atoms with Crippen LogP contribution in [0.15, 0.2) is 0 Å². The minimum absolute atomic E-state index is 0.0683. The molecule has 0 bridgehead atoms. The molecular weight excluding hydrogens is 184 g/mol. The zero-order chi connectivity index (χ0) is 11.2. The van der Waals surface area contributed by atoms with Crippen LogP contribution in [-0.4, -0.2) is 35.6 Å². The average Bonchev–Trinajstić information content (AvgIpc) is 2.04. The third-order valence-corrected chi connectivity index (χ3v) is 1.83. The lowest BCUT2D eigenvalue weighted by Crippen LogP contribution is -2.47. The molecule has 0 atom stereocenters. The number of carbonyl (C=O) groups is 2. The Kier molecular flexibility index (Phi) is 5.15. The number of hydrogen-bond acceptors (Lipinski definition) is 3. The van der Waals surface area contributed by atoms with Gasteiger partial charge in [-0.05, 0) is 20.8 Å². The molecule has 0 unspecified atom stereocenters. The first kappa shape index (κ1) is 12.9. The van der Waals surface area contributed by atoms with Crippen LogP contribution in [0.5, 0.6) is 0 Å². The van der Waals surface area contributed by atoms with Crippen LogP contribution >= 0.6 is 0 Å². The topological polar surface area (TPSA) is 78.4 Å². The lowest BCUT2D eigenvalue weighted by molar-refractivity contribution is -0.143. The van der Waals surface area contributed by atoms with Crippen molar-refractivity contribution in [2.75, 3.05) is 13.1 Å². The Labute approximate surface area is 83.9 Å². The number of rotatable bonds is 6. The van der Waals surface area contributed by atoms with Crippen LogP contribution in [0.3, 0.4) is 0 Å². The van der Waals surface area contributed by atoms with E-state index in [1.807, 2.05) is 6.92 Å². The average molecular weight is 202 g/mol. The van der Waals surface area contributed by atoms with Crippen molar-refractivity contribution >= 4 is 11.9 Å². The number of aliphatic carboxylic acids is 1. The molecule has 0 saturated carbocycles. The monoisotopic (exact) mass is 202 g/mol. The largest absolute Gasteiger partial charge is 0.480 e. The fourth-order valence-corrected chi connectivity index (χ4v) is 0.850. The van der Waals surface area contributed by atoms with E-state index in [-0.39, 0.29) is 5.91 Å².